The van der Waals surface area contributed by atoms with Crippen molar-refractivity contribution in [2.24, 2.45) is 0 Å². The van der Waals surface area contributed by atoms with Crippen molar-refractivity contribution in [2.45, 2.75) is 33.1 Å². The van der Waals surface area contributed by atoms with Crippen LogP contribution in [0.3, 0.4) is 0 Å². The van der Waals surface area contributed by atoms with Crippen LogP contribution in [0.15, 0.2) is 28.8 Å². The van der Waals surface area contributed by atoms with Crippen molar-refractivity contribution in [3.05, 3.63) is 52.3 Å². The standard InChI is InChI=1S/C18H17N3O2/c1-10-8-11(2)19-15-16(21-23-17(10)15)18(22)20-14-7-6-12-4-3-5-13(12)9-14/h6-9H,3-5H2,1-2H3,(H,20,22). The molecule has 2 aromatic heterocycles. The number of fused-ring (bicyclic) bond motifs is 2. The largest absolute Gasteiger partial charge is 0.353 e. The molecular formula is C18H17N3O2. The van der Waals surface area contributed by atoms with Gasteiger partial charge in [-0.05, 0) is 68.0 Å². The normalized spacial score (nSPS) is 13.3. The maximum absolute atomic E-state index is 12.5. The molecule has 5 nitrogen and oxygen atoms in total. The fraction of sp³-hybridized carbons (Fsp3) is 0.278. The molecule has 0 saturated heterocycles. The smallest absolute Gasteiger partial charge is 0.280 e. The summed E-state index contributed by atoms with van der Waals surface area (Å²) in [5, 5.41) is 6.82. The van der Waals surface area contributed by atoms with Gasteiger partial charge in [0.25, 0.3) is 5.91 Å². The number of hydrogen-bond donors (Lipinski definition) is 1. The monoisotopic (exact) mass is 307 g/mol. The number of pyridine rings is 1. The average Bonchev–Trinajstić information content (AvgIpc) is 3.12. The minimum Gasteiger partial charge on any atom is -0.353 e. The van der Waals surface area contributed by atoms with Gasteiger partial charge in [0, 0.05) is 11.4 Å². The lowest BCUT2D eigenvalue weighted by molar-refractivity contribution is 0.102. The van der Waals surface area contributed by atoms with Crippen molar-refractivity contribution in [3.63, 3.8) is 0 Å². The molecule has 0 aliphatic heterocycles. The number of amides is 1. The molecule has 0 saturated carbocycles. The van der Waals surface area contributed by atoms with E-state index in [4.69, 9.17) is 4.52 Å². The molecule has 4 rings (SSSR count). The number of carbonyl (C=O) groups excluding carboxylic acids is 1. The van der Waals surface area contributed by atoms with E-state index in [1.165, 1.54) is 17.5 Å². The first-order valence-electron chi connectivity index (χ1n) is 7.78. The van der Waals surface area contributed by atoms with Gasteiger partial charge in [0.2, 0.25) is 0 Å². The Bertz CT molecular complexity index is 927. The molecule has 0 atom stereocenters. The van der Waals surface area contributed by atoms with Gasteiger partial charge >= 0.3 is 0 Å². The summed E-state index contributed by atoms with van der Waals surface area (Å²) >= 11 is 0. The molecule has 5 heteroatoms. The second-order valence-electron chi connectivity index (χ2n) is 6.08. The third kappa shape index (κ3) is 2.38. The molecule has 116 valence electrons. The van der Waals surface area contributed by atoms with Crippen LogP contribution in [-0.2, 0) is 12.8 Å². The third-order valence-electron chi connectivity index (χ3n) is 4.31. The topological polar surface area (TPSA) is 68.0 Å². The Hall–Kier alpha value is -2.69. The summed E-state index contributed by atoms with van der Waals surface area (Å²) in [6, 6.07) is 7.99. The molecule has 1 aliphatic rings. The van der Waals surface area contributed by atoms with Crippen molar-refractivity contribution in [1.29, 1.82) is 0 Å². The second-order valence-corrected chi connectivity index (χ2v) is 6.08. The van der Waals surface area contributed by atoms with E-state index in [1.807, 2.05) is 32.0 Å². The van der Waals surface area contributed by atoms with Crippen LogP contribution in [-0.4, -0.2) is 16.0 Å². The summed E-state index contributed by atoms with van der Waals surface area (Å²) in [6.07, 6.45) is 3.38. The number of benzene rings is 1. The van der Waals surface area contributed by atoms with E-state index in [9.17, 15) is 4.79 Å². The second kappa shape index (κ2) is 5.19. The number of aromatic nitrogens is 2. The lowest BCUT2D eigenvalue weighted by Gasteiger charge is -2.06. The van der Waals surface area contributed by atoms with Crippen LogP contribution < -0.4 is 5.32 Å². The Morgan fingerprint density at radius 2 is 2.00 bits per heavy atom. The number of nitrogens with zero attached hydrogens (tertiary/aromatic N) is 2. The molecule has 0 fully saturated rings. The van der Waals surface area contributed by atoms with E-state index in [0.29, 0.717) is 11.1 Å². The molecule has 23 heavy (non-hydrogen) atoms. The van der Waals surface area contributed by atoms with E-state index in [2.05, 4.69) is 21.5 Å². The average molecular weight is 307 g/mol. The molecule has 3 aromatic rings. The van der Waals surface area contributed by atoms with Crippen LogP contribution in [0.5, 0.6) is 0 Å². The number of carbonyl (C=O) groups is 1. The first-order chi connectivity index (χ1) is 11.1. The van der Waals surface area contributed by atoms with Gasteiger partial charge in [-0.25, -0.2) is 4.98 Å². The summed E-state index contributed by atoms with van der Waals surface area (Å²) in [5.41, 5.74) is 6.56. The van der Waals surface area contributed by atoms with Crippen LogP contribution in [0.4, 0.5) is 5.69 Å². The molecule has 1 N–H and O–H groups in total. The highest BCUT2D eigenvalue weighted by Gasteiger charge is 2.20. The van der Waals surface area contributed by atoms with Crippen molar-refractivity contribution in [1.82, 2.24) is 10.1 Å². The zero-order valence-electron chi connectivity index (χ0n) is 13.1. The fourth-order valence-electron chi connectivity index (χ4n) is 3.22. The molecule has 0 unspecified atom stereocenters. The minimum atomic E-state index is -0.292. The Morgan fingerprint density at radius 3 is 2.87 bits per heavy atom. The van der Waals surface area contributed by atoms with Crippen LogP contribution in [0.2, 0.25) is 0 Å². The van der Waals surface area contributed by atoms with Crippen molar-refractivity contribution >= 4 is 22.7 Å². The molecule has 1 aliphatic carbocycles. The Labute approximate surface area is 133 Å². The van der Waals surface area contributed by atoms with E-state index in [0.717, 1.165) is 29.8 Å². The summed E-state index contributed by atoms with van der Waals surface area (Å²) in [4.78, 5) is 16.9. The number of nitrogens with one attached hydrogen (secondary N) is 1. The molecule has 0 bridgehead atoms. The molecule has 2 heterocycles. The molecule has 1 amide bonds. The predicted octanol–water partition coefficient (Wildman–Crippen LogP) is 3.58. The van der Waals surface area contributed by atoms with Gasteiger partial charge in [-0.3, -0.25) is 4.79 Å². The number of aryl methyl sites for hydroxylation is 4. The van der Waals surface area contributed by atoms with Gasteiger partial charge in [0.1, 0.15) is 5.52 Å². The highest BCUT2D eigenvalue weighted by molar-refractivity contribution is 6.10. The number of anilines is 1. The first kappa shape index (κ1) is 13.9. The summed E-state index contributed by atoms with van der Waals surface area (Å²) in [6.45, 7) is 3.81. The predicted molar refractivity (Wildman–Crippen MR) is 87.7 cm³/mol. The zero-order valence-corrected chi connectivity index (χ0v) is 13.1. The highest BCUT2D eigenvalue weighted by Crippen LogP contribution is 2.26. The molecule has 0 radical (unpaired) electrons. The van der Waals surface area contributed by atoms with Gasteiger partial charge in [-0.15, -0.1) is 0 Å². The lowest BCUT2D eigenvalue weighted by atomic mass is 10.1. The zero-order chi connectivity index (χ0) is 16.0. The first-order valence-corrected chi connectivity index (χ1v) is 7.78. The van der Waals surface area contributed by atoms with E-state index >= 15 is 0 Å². The van der Waals surface area contributed by atoms with Crippen LogP contribution in [0, 0.1) is 13.8 Å². The van der Waals surface area contributed by atoms with E-state index in [-0.39, 0.29) is 11.6 Å². The van der Waals surface area contributed by atoms with Crippen LogP contribution >= 0.6 is 0 Å². The molecule has 0 spiro atoms. The summed E-state index contributed by atoms with van der Waals surface area (Å²) < 4.78 is 5.29. The van der Waals surface area contributed by atoms with Gasteiger partial charge in [-0.2, -0.15) is 0 Å². The molecule has 1 aromatic carbocycles. The summed E-state index contributed by atoms with van der Waals surface area (Å²) in [5.74, 6) is -0.292. The highest BCUT2D eigenvalue weighted by atomic mass is 16.5. The number of rotatable bonds is 2. The van der Waals surface area contributed by atoms with Gasteiger partial charge < -0.3 is 9.84 Å². The third-order valence-corrected chi connectivity index (χ3v) is 4.31. The quantitative estimate of drug-likeness (QED) is 0.785. The number of hydrogen-bond acceptors (Lipinski definition) is 4. The Balaban J connectivity index is 1.67. The fourth-order valence-corrected chi connectivity index (χ4v) is 3.22. The van der Waals surface area contributed by atoms with Crippen molar-refractivity contribution in [3.8, 4) is 0 Å². The SMILES string of the molecule is Cc1cc(C)c2onc(C(=O)Nc3ccc4c(c3)CCC4)c2n1. The van der Waals surface area contributed by atoms with Crippen LogP contribution in [0.25, 0.3) is 11.1 Å². The van der Waals surface area contributed by atoms with Crippen molar-refractivity contribution in [2.75, 3.05) is 5.32 Å². The van der Waals surface area contributed by atoms with Gasteiger partial charge in [0.05, 0.1) is 0 Å². The van der Waals surface area contributed by atoms with Gasteiger partial charge in [0.15, 0.2) is 11.3 Å². The van der Waals surface area contributed by atoms with Crippen molar-refractivity contribution < 1.29 is 9.32 Å². The Morgan fingerprint density at radius 1 is 1.17 bits per heavy atom. The van der Waals surface area contributed by atoms with Gasteiger partial charge in [-0.1, -0.05) is 11.2 Å². The van der Waals surface area contributed by atoms with E-state index < -0.39 is 0 Å². The van der Waals surface area contributed by atoms with Crippen LogP contribution in [0.1, 0.15) is 39.3 Å². The minimum absolute atomic E-state index is 0.229. The maximum atomic E-state index is 12.5. The summed E-state index contributed by atoms with van der Waals surface area (Å²) in [7, 11) is 0. The molecular weight excluding hydrogens is 290 g/mol. The maximum Gasteiger partial charge on any atom is 0.280 e. The van der Waals surface area contributed by atoms with E-state index in [1.54, 1.807) is 0 Å². The lowest BCUT2D eigenvalue weighted by Crippen LogP contribution is -2.13. The Kier molecular flexibility index (Phi) is 3.15.